The van der Waals surface area contributed by atoms with E-state index in [0.29, 0.717) is 37.2 Å². The first-order valence-corrected chi connectivity index (χ1v) is 9.13. The van der Waals surface area contributed by atoms with E-state index in [1.807, 2.05) is 0 Å². The van der Waals surface area contributed by atoms with Crippen LogP contribution in [0.5, 0.6) is 0 Å². The molecule has 1 aliphatic heterocycles. The molecule has 0 aliphatic carbocycles. The van der Waals surface area contributed by atoms with Crippen LogP contribution in [0.3, 0.4) is 0 Å². The fourth-order valence-electron chi connectivity index (χ4n) is 2.50. The molecule has 8 heteroatoms. The lowest BCUT2D eigenvalue weighted by atomic mass is 10.1. The highest BCUT2D eigenvalue weighted by atomic mass is 32.2. The van der Waals surface area contributed by atoms with E-state index in [2.05, 4.69) is 10.1 Å². The maximum atomic E-state index is 12.1. The molecule has 0 spiro atoms. The van der Waals surface area contributed by atoms with Gasteiger partial charge in [-0.3, -0.25) is 13.9 Å². The Kier molecular flexibility index (Phi) is 5.25. The minimum Gasteiger partial charge on any atom is -0.469 e. The van der Waals surface area contributed by atoms with Gasteiger partial charge in [0.1, 0.15) is 0 Å². The van der Waals surface area contributed by atoms with Crippen LogP contribution in [0.25, 0.3) is 0 Å². The number of rotatable bonds is 6. The predicted molar refractivity (Wildman–Crippen MR) is 85.9 cm³/mol. The van der Waals surface area contributed by atoms with Crippen molar-refractivity contribution in [2.24, 2.45) is 0 Å². The van der Waals surface area contributed by atoms with E-state index in [0.717, 1.165) is 5.56 Å². The van der Waals surface area contributed by atoms with E-state index < -0.39 is 10.0 Å². The molecule has 0 atom stereocenters. The van der Waals surface area contributed by atoms with Crippen molar-refractivity contribution >= 4 is 27.6 Å². The van der Waals surface area contributed by atoms with Crippen molar-refractivity contribution in [2.75, 3.05) is 30.8 Å². The number of esters is 1. The van der Waals surface area contributed by atoms with E-state index >= 15 is 0 Å². The van der Waals surface area contributed by atoms with Gasteiger partial charge in [-0.1, -0.05) is 0 Å². The van der Waals surface area contributed by atoms with E-state index in [1.165, 1.54) is 17.7 Å². The minimum absolute atomic E-state index is 0.240. The van der Waals surface area contributed by atoms with E-state index in [9.17, 15) is 18.0 Å². The first-order valence-electron chi connectivity index (χ1n) is 7.28. The standard InChI is InChI=1S/C15H20N2O5S/c1-22-14(18)4-3-8-16-15(19)12-5-6-13-11(10-12)7-9-17(13)23(2,20)21/h5-6,10H,3-4,7-9H2,1-2H3,(H,16,19). The van der Waals surface area contributed by atoms with Crippen LogP contribution >= 0.6 is 0 Å². The molecule has 0 unspecified atom stereocenters. The summed E-state index contributed by atoms with van der Waals surface area (Å²) in [4.78, 5) is 23.1. The second-order valence-electron chi connectivity index (χ2n) is 5.36. The third kappa shape index (κ3) is 4.22. The zero-order valence-electron chi connectivity index (χ0n) is 13.2. The number of methoxy groups -OCH3 is 1. The zero-order chi connectivity index (χ0) is 17.0. The summed E-state index contributed by atoms with van der Waals surface area (Å²) in [5.41, 5.74) is 1.96. The Hall–Kier alpha value is -2.09. The predicted octanol–water partition coefficient (Wildman–Crippen LogP) is 0.692. The number of hydrogen-bond donors (Lipinski definition) is 1. The molecule has 7 nitrogen and oxygen atoms in total. The minimum atomic E-state index is -3.29. The number of sulfonamides is 1. The van der Waals surface area contributed by atoms with E-state index in [4.69, 9.17) is 0 Å². The van der Waals surface area contributed by atoms with Gasteiger partial charge < -0.3 is 10.1 Å². The van der Waals surface area contributed by atoms with E-state index in [-0.39, 0.29) is 18.3 Å². The third-order valence-corrected chi connectivity index (χ3v) is 4.85. The molecular formula is C15H20N2O5S. The van der Waals surface area contributed by atoms with Gasteiger partial charge in [0.25, 0.3) is 5.91 Å². The number of nitrogens with one attached hydrogen (secondary N) is 1. The first kappa shape index (κ1) is 17.3. The lowest BCUT2D eigenvalue weighted by Gasteiger charge is -2.16. The van der Waals surface area contributed by atoms with Crippen LogP contribution in [0.15, 0.2) is 18.2 Å². The highest BCUT2D eigenvalue weighted by Gasteiger charge is 2.26. The lowest BCUT2D eigenvalue weighted by Crippen LogP contribution is -2.27. The molecule has 1 aromatic carbocycles. The Bertz CT molecular complexity index is 715. The van der Waals surface area contributed by atoms with Crippen molar-refractivity contribution in [3.05, 3.63) is 29.3 Å². The number of carbonyl (C=O) groups is 2. The lowest BCUT2D eigenvalue weighted by molar-refractivity contribution is -0.140. The van der Waals surface area contributed by atoms with Gasteiger partial charge in [0, 0.05) is 25.1 Å². The van der Waals surface area contributed by atoms with Crippen molar-refractivity contribution < 1.29 is 22.7 Å². The van der Waals surface area contributed by atoms with Gasteiger partial charge in [0.15, 0.2) is 0 Å². The summed E-state index contributed by atoms with van der Waals surface area (Å²) in [6.07, 6.45) is 2.52. The van der Waals surface area contributed by atoms with Gasteiger partial charge in [-0.25, -0.2) is 8.42 Å². The number of hydrogen-bond acceptors (Lipinski definition) is 5. The Morgan fingerprint density at radius 1 is 1.35 bits per heavy atom. The quantitative estimate of drug-likeness (QED) is 0.607. The smallest absolute Gasteiger partial charge is 0.305 e. The van der Waals surface area contributed by atoms with Crippen LogP contribution in [0, 0.1) is 0 Å². The summed E-state index contributed by atoms with van der Waals surface area (Å²) >= 11 is 0. The monoisotopic (exact) mass is 340 g/mol. The zero-order valence-corrected chi connectivity index (χ0v) is 14.0. The Labute approximate surface area is 135 Å². The van der Waals surface area contributed by atoms with Crippen LogP contribution in [0.1, 0.15) is 28.8 Å². The molecule has 1 heterocycles. The Morgan fingerprint density at radius 3 is 2.74 bits per heavy atom. The molecule has 0 saturated carbocycles. The molecule has 1 amide bonds. The largest absolute Gasteiger partial charge is 0.469 e. The van der Waals surface area contributed by atoms with Crippen LogP contribution < -0.4 is 9.62 Å². The summed E-state index contributed by atoms with van der Waals surface area (Å²) in [5, 5.41) is 2.73. The number of ether oxygens (including phenoxy) is 1. The molecule has 0 fully saturated rings. The normalized spacial score (nSPS) is 13.6. The molecule has 1 N–H and O–H groups in total. The average molecular weight is 340 g/mol. The molecule has 0 radical (unpaired) electrons. The first-order chi connectivity index (χ1) is 10.8. The topological polar surface area (TPSA) is 92.8 Å². The SMILES string of the molecule is COC(=O)CCCNC(=O)c1ccc2c(c1)CCN2S(C)(=O)=O. The molecular weight excluding hydrogens is 320 g/mol. The van der Waals surface area contributed by atoms with Crippen LogP contribution in [-0.4, -0.2) is 46.7 Å². The summed E-state index contributed by atoms with van der Waals surface area (Å²) < 4.78 is 29.2. The van der Waals surface area contributed by atoms with Gasteiger partial charge in [0.05, 0.1) is 19.1 Å². The number of amides is 1. The summed E-state index contributed by atoms with van der Waals surface area (Å²) in [6, 6.07) is 4.99. The summed E-state index contributed by atoms with van der Waals surface area (Å²) in [7, 11) is -1.96. The highest BCUT2D eigenvalue weighted by molar-refractivity contribution is 7.92. The van der Waals surface area contributed by atoms with Crippen LogP contribution in [0.2, 0.25) is 0 Å². The van der Waals surface area contributed by atoms with E-state index in [1.54, 1.807) is 18.2 Å². The number of fused-ring (bicyclic) bond motifs is 1. The molecule has 0 bridgehead atoms. The molecule has 0 aromatic heterocycles. The molecule has 1 aliphatic rings. The fourth-order valence-corrected chi connectivity index (χ4v) is 3.45. The van der Waals surface area contributed by atoms with Gasteiger partial charge >= 0.3 is 5.97 Å². The third-order valence-electron chi connectivity index (χ3n) is 3.67. The average Bonchev–Trinajstić information content (AvgIpc) is 2.94. The highest BCUT2D eigenvalue weighted by Crippen LogP contribution is 2.30. The maximum Gasteiger partial charge on any atom is 0.305 e. The van der Waals surface area contributed by atoms with Crippen molar-refractivity contribution in [3.8, 4) is 0 Å². The van der Waals surface area contributed by atoms with Crippen molar-refractivity contribution in [2.45, 2.75) is 19.3 Å². The molecule has 0 saturated heterocycles. The van der Waals surface area contributed by atoms with Gasteiger partial charge in [-0.2, -0.15) is 0 Å². The molecule has 23 heavy (non-hydrogen) atoms. The second kappa shape index (κ2) is 6.99. The van der Waals surface area contributed by atoms with Crippen molar-refractivity contribution in [3.63, 3.8) is 0 Å². The molecule has 2 rings (SSSR count). The summed E-state index contributed by atoms with van der Waals surface area (Å²) in [6.45, 7) is 0.777. The second-order valence-corrected chi connectivity index (χ2v) is 7.27. The molecule has 126 valence electrons. The van der Waals surface area contributed by atoms with Crippen LogP contribution in [-0.2, 0) is 26.0 Å². The Morgan fingerprint density at radius 2 is 2.09 bits per heavy atom. The summed E-state index contributed by atoms with van der Waals surface area (Å²) in [5.74, 6) is -0.548. The van der Waals surface area contributed by atoms with Crippen molar-refractivity contribution in [1.82, 2.24) is 5.32 Å². The number of carbonyl (C=O) groups excluding carboxylic acids is 2. The van der Waals surface area contributed by atoms with Crippen molar-refractivity contribution in [1.29, 1.82) is 0 Å². The van der Waals surface area contributed by atoms with Gasteiger partial charge in [-0.05, 0) is 36.6 Å². The number of benzene rings is 1. The fraction of sp³-hybridized carbons (Fsp3) is 0.467. The van der Waals surface area contributed by atoms with Gasteiger partial charge in [-0.15, -0.1) is 0 Å². The Balaban J connectivity index is 1.97. The number of nitrogens with zero attached hydrogens (tertiary/aromatic N) is 1. The molecule has 1 aromatic rings. The number of anilines is 1. The van der Waals surface area contributed by atoms with Crippen LogP contribution in [0.4, 0.5) is 5.69 Å². The maximum absolute atomic E-state index is 12.1. The van der Waals surface area contributed by atoms with Gasteiger partial charge in [0.2, 0.25) is 10.0 Å².